The van der Waals surface area contributed by atoms with Crippen LogP contribution in [0.3, 0.4) is 0 Å². The van der Waals surface area contributed by atoms with Crippen molar-refractivity contribution in [2.75, 3.05) is 0 Å². The second-order valence-corrected chi connectivity index (χ2v) is 5.82. The molecule has 0 spiro atoms. The van der Waals surface area contributed by atoms with E-state index < -0.39 is 0 Å². The standard InChI is InChI=1S/C19H18FN/c1-11-5-12(2)7-16(6-11)19-14(4)8-15-10-17(20)13(3)9-18(15)21-19/h5-10H,1-4H3. The third-order valence-electron chi connectivity index (χ3n) is 3.78. The molecule has 0 atom stereocenters. The fraction of sp³-hybridized carbons (Fsp3) is 0.211. The predicted molar refractivity (Wildman–Crippen MR) is 86.1 cm³/mol. The van der Waals surface area contributed by atoms with Gasteiger partial charge in [0.1, 0.15) is 5.82 Å². The molecule has 0 amide bonds. The Morgan fingerprint density at radius 2 is 1.43 bits per heavy atom. The number of aryl methyl sites for hydroxylation is 4. The highest BCUT2D eigenvalue weighted by molar-refractivity contribution is 5.84. The zero-order chi connectivity index (χ0) is 15.1. The van der Waals surface area contributed by atoms with E-state index in [-0.39, 0.29) is 5.82 Å². The van der Waals surface area contributed by atoms with Crippen LogP contribution in [0, 0.1) is 33.5 Å². The van der Waals surface area contributed by atoms with E-state index in [0.29, 0.717) is 5.56 Å². The average Bonchev–Trinajstić information content (AvgIpc) is 2.39. The Morgan fingerprint density at radius 3 is 2.10 bits per heavy atom. The minimum atomic E-state index is -0.178. The highest BCUT2D eigenvalue weighted by atomic mass is 19.1. The Hall–Kier alpha value is -2.22. The van der Waals surface area contributed by atoms with Crippen molar-refractivity contribution in [3.8, 4) is 11.3 Å². The first-order chi connectivity index (χ1) is 9.94. The van der Waals surface area contributed by atoms with Crippen LogP contribution >= 0.6 is 0 Å². The van der Waals surface area contributed by atoms with Crippen LogP contribution in [0.4, 0.5) is 4.39 Å². The lowest BCUT2D eigenvalue weighted by Crippen LogP contribution is -1.93. The Kier molecular flexibility index (Phi) is 3.25. The number of benzene rings is 2. The minimum absolute atomic E-state index is 0.178. The molecule has 0 radical (unpaired) electrons. The van der Waals surface area contributed by atoms with E-state index >= 15 is 0 Å². The summed E-state index contributed by atoms with van der Waals surface area (Å²) in [5, 5.41) is 0.851. The zero-order valence-electron chi connectivity index (χ0n) is 12.8. The molecule has 21 heavy (non-hydrogen) atoms. The number of fused-ring (bicyclic) bond motifs is 1. The summed E-state index contributed by atoms with van der Waals surface area (Å²) in [4.78, 5) is 4.76. The highest BCUT2D eigenvalue weighted by Gasteiger charge is 2.09. The van der Waals surface area contributed by atoms with Crippen molar-refractivity contribution in [2.45, 2.75) is 27.7 Å². The molecule has 3 aromatic rings. The molecule has 0 fully saturated rings. The first-order valence-corrected chi connectivity index (χ1v) is 7.10. The quantitative estimate of drug-likeness (QED) is 0.591. The summed E-state index contributed by atoms with van der Waals surface area (Å²) in [5.74, 6) is -0.178. The summed E-state index contributed by atoms with van der Waals surface area (Å²) < 4.78 is 13.7. The molecule has 2 aromatic carbocycles. The van der Waals surface area contributed by atoms with E-state index in [1.165, 1.54) is 11.1 Å². The number of rotatable bonds is 1. The van der Waals surface area contributed by atoms with E-state index in [4.69, 9.17) is 4.98 Å². The van der Waals surface area contributed by atoms with Crippen molar-refractivity contribution in [2.24, 2.45) is 0 Å². The summed E-state index contributed by atoms with van der Waals surface area (Å²) in [6.07, 6.45) is 0. The Labute approximate surface area is 124 Å². The van der Waals surface area contributed by atoms with Crippen LogP contribution in [-0.4, -0.2) is 4.98 Å². The molecule has 0 aliphatic heterocycles. The predicted octanol–water partition coefficient (Wildman–Crippen LogP) is 5.27. The maximum absolute atomic E-state index is 13.7. The Bertz CT molecular complexity index is 830. The lowest BCUT2D eigenvalue weighted by Gasteiger charge is -2.10. The van der Waals surface area contributed by atoms with Crippen LogP contribution in [-0.2, 0) is 0 Å². The van der Waals surface area contributed by atoms with Gasteiger partial charge in [0.2, 0.25) is 0 Å². The number of hydrogen-bond donors (Lipinski definition) is 0. The van der Waals surface area contributed by atoms with Gasteiger partial charge in [-0.2, -0.15) is 0 Å². The van der Waals surface area contributed by atoms with E-state index in [9.17, 15) is 4.39 Å². The first-order valence-electron chi connectivity index (χ1n) is 7.10. The minimum Gasteiger partial charge on any atom is -0.248 e. The second kappa shape index (κ2) is 4.96. The third-order valence-corrected chi connectivity index (χ3v) is 3.78. The van der Waals surface area contributed by atoms with Crippen molar-refractivity contribution in [3.63, 3.8) is 0 Å². The van der Waals surface area contributed by atoms with Gasteiger partial charge >= 0.3 is 0 Å². The van der Waals surface area contributed by atoms with Gasteiger partial charge in [0.05, 0.1) is 11.2 Å². The average molecular weight is 279 g/mol. The van der Waals surface area contributed by atoms with Crippen LogP contribution in [0.5, 0.6) is 0 Å². The molecule has 1 nitrogen and oxygen atoms in total. The summed E-state index contributed by atoms with van der Waals surface area (Å²) in [6, 6.07) is 11.8. The zero-order valence-corrected chi connectivity index (χ0v) is 12.8. The van der Waals surface area contributed by atoms with Crippen LogP contribution < -0.4 is 0 Å². The molecule has 0 saturated heterocycles. The molecule has 0 bridgehead atoms. The highest BCUT2D eigenvalue weighted by Crippen LogP contribution is 2.28. The summed E-state index contributed by atoms with van der Waals surface area (Å²) >= 11 is 0. The molecule has 0 aliphatic carbocycles. The molecule has 0 unspecified atom stereocenters. The smallest absolute Gasteiger partial charge is 0.126 e. The molecule has 1 heterocycles. The van der Waals surface area contributed by atoms with Gasteiger partial charge in [0.25, 0.3) is 0 Å². The molecule has 0 N–H and O–H groups in total. The van der Waals surface area contributed by atoms with Crippen LogP contribution in [0.2, 0.25) is 0 Å². The van der Waals surface area contributed by atoms with E-state index in [2.05, 4.69) is 32.0 Å². The molecule has 106 valence electrons. The van der Waals surface area contributed by atoms with Crippen molar-refractivity contribution >= 4 is 10.9 Å². The molecule has 2 heteroatoms. The van der Waals surface area contributed by atoms with Gasteiger partial charge in [-0.25, -0.2) is 9.37 Å². The van der Waals surface area contributed by atoms with Crippen molar-refractivity contribution in [1.82, 2.24) is 4.98 Å². The van der Waals surface area contributed by atoms with E-state index in [1.807, 2.05) is 19.1 Å². The molecule has 0 saturated carbocycles. The maximum Gasteiger partial charge on any atom is 0.126 e. The number of hydrogen-bond acceptors (Lipinski definition) is 1. The van der Waals surface area contributed by atoms with Gasteiger partial charge in [0, 0.05) is 10.9 Å². The first kappa shape index (κ1) is 13.7. The number of halogens is 1. The van der Waals surface area contributed by atoms with Gasteiger partial charge in [-0.15, -0.1) is 0 Å². The van der Waals surface area contributed by atoms with Crippen LogP contribution in [0.25, 0.3) is 22.2 Å². The second-order valence-electron chi connectivity index (χ2n) is 5.82. The topological polar surface area (TPSA) is 12.9 Å². The number of aromatic nitrogens is 1. The van der Waals surface area contributed by atoms with Gasteiger partial charge in [-0.1, -0.05) is 17.2 Å². The van der Waals surface area contributed by atoms with Crippen molar-refractivity contribution < 1.29 is 4.39 Å². The van der Waals surface area contributed by atoms with Gasteiger partial charge in [-0.3, -0.25) is 0 Å². The summed E-state index contributed by atoms with van der Waals surface area (Å²) in [5.41, 5.74) is 7.08. The van der Waals surface area contributed by atoms with Gasteiger partial charge in [0.15, 0.2) is 0 Å². The Morgan fingerprint density at radius 1 is 0.762 bits per heavy atom. The summed E-state index contributed by atoms with van der Waals surface area (Å²) in [6.45, 7) is 7.98. The fourth-order valence-electron chi connectivity index (χ4n) is 2.81. The maximum atomic E-state index is 13.7. The van der Waals surface area contributed by atoms with E-state index in [1.54, 1.807) is 13.0 Å². The largest absolute Gasteiger partial charge is 0.248 e. The molecule has 1 aromatic heterocycles. The fourth-order valence-corrected chi connectivity index (χ4v) is 2.81. The van der Waals surface area contributed by atoms with E-state index in [0.717, 1.165) is 27.7 Å². The molecule has 3 rings (SSSR count). The van der Waals surface area contributed by atoms with Gasteiger partial charge in [-0.05, 0) is 69.2 Å². The van der Waals surface area contributed by atoms with Crippen LogP contribution in [0.15, 0.2) is 36.4 Å². The van der Waals surface area contributed by atoms with Crippen molar-refractivity contribution in [1.29, 1.82) is 0 Å². The lowest BCUT2D eigenvalue weighted by atomic mass is 10.00. The molecular formula is C19H18FN. The van der Waals surface area contributed by atoms with Gasteiger partial charge < -0.3 is 0 Å². The lowest BCUT2D eigenvalue weighted by molar-refractivity contribution is 0.620. The SMILES string of the molecule is Cc1cc(C)cc(-c2nc3cc(C)c(F)cc3cc2C)c1. The molecular weight excluding hydrogens is 261 g/mol. The monoisotopic (exact) mass is 279 g/mol. The Balaban J connectivity index is 2.27. The summed E-state index contributed by atoms with van der Waals surface area (Å²) in [7, 11) is 0. The number of nitrogens with zero attached hydrogens (tertiary/aromatic N) is 1. The third kappa shape index (κ3) is 2.54. The normalized spacial score (nSPS) is 11.1. The van der Waals surface area contributed by atoms with Crippen LogP contribution in [0.1, 0.15) is 22.3 Å². The van der Waals surface area contributed by atoms with Crippen molar-refractivity contribution in [3.05, 3.63) is 64.5 Å². The molecule has 0 aliphatic rings. The number of pyridine rings is 1.